The Hall–Kier alpha value is -3.42. The van der Waals surface area contributed by atoms with Crippen LogP contribution in [0.3, 0.4) is 0 Å². The van der Waals surface area contributed by atoms with Crippen molar-refractivity contribution in [2.75, 3.05) is 7.11 Å². The third-order valence-electron chi connectivity index (χ3n) is 5.11. The number of nitrogens with zero attached hydrogens (tertiary/aromatic N) is 5. The van der Waals surface area contributed by atoms with Crippen LogP contribution in [0.4, 0.5) is 0 Å². The van der Waals surface area contributed by atoms with Crippen molar-refractivity contribution in [1.82, 2.24) is 24.4 Å². The van der Waals surface area contributed by atoms with E-state index in [0.29, 0.717) is 26.9 Å². The zero-order chi connectivity index (χ0) is 21.7. The highest BCUT2D eigenvalue weighted by Crippen LogP contribution is 2.29. The minimum absolute atomic E-state index is 0.199. The molecule has 0 radical (unpaired) electrons. The van der Waals surface area contributed by atoms with Crippen molar-refractivity contribution in [3.05, 3.63) is 80.8 Å². The summed E-state index contributed by atoms with van der Waals surface area (Å²) in [7, 11) is 1.62. The summed E-state index contributed by atoms with van der Waals surface area (Å²) in [5, 5.41) is 14.0. The molecule has 0 aliphatic heterocycles. The van der Waals surface area contributed by atoms with Crippen molar-refractivity contribution in [2.45, 2.75) is 6.92 Å². The van der Waals surface area contributed by atoms with Crippen molar-refractivity contribution in [3.63, 3.8) is 0 Å². The molecule has 0 N–H and O–H groups in total. The lowest BCUT2D eigenvalue weighted by molar-refractivity contribution is 0.415. The smallest absolute Gasteiger partial charge is 0.285 e. The first-order valence-corrected chi connectivity index (χ1v) is 10.1. The van der Waals surface area contributed by atoms with Gasteiger partial charge in [-0.15, -0.1) is 10.2 Å². The van der Waals surface area contributed by atoms with Gasteiger partial charge in [-0.3, -0.25) is 9.36 Å². The second-order valence-electron chi connectivity index (χ2n) is 6.95. The Kier molecular flexibility index (Phi) is 4.64. The molecule has 0 spiro atoms. The molecule has 0 atom stereocenters. The van der Waals surface area contributed by atoms with E-state index in [4.69, 9.17) is 27.9 Å². The molecule has 31 heavy (non-hydrogen) atoms. The summed E-state index contributed by atoms with van der Waals surface area (Å²) < 4.78 is 8.34. The summed E-state index contributed by atoms with van der Waals surface area (Å²) in [5.41, 5.74) is 4.15. The zero-order valence-electron chi connectivity index (χ0n) is 16.5. The Morgan fingerprint density at radius 3 is 2.45 bits per heavy atom. The molecular weight excluding hydrogens is 437 g/mol. The number of aromatic nitrogens is 5. The highest BCUT2D eigenvalue weighted by Gasteiger charge is 2.18. The lowest BCUT2D eigenvalue weighted by Gasteiger charge is -2.08. The lowest BCUT2D eigenvalue weighted by Crippen LogP contribution is -2.20. The van der Waals surface area contributed by atoms with E-state index < -0.39 is 0 Å². The largest absolute Gasteiger partial charge is 0.497 e. The standard InChI is InChI=1S/C22H15Cl2N5O2/c1-12-19(13-3-6-15(31-2)7-4-13)21-26-25-20-18(29(21)27-12)9-10-28(22(20)30)14-5-8-16(23)17(24)11-14/h3-11H,1-2H3. The molecule has 2 aromatic carbocycles. The van der Waals surface area contributed by atoms with Gasteiger partial charge in [0.05, 0.1) is 34.1 Å². The van der Waals surface area contributed by atoms with Crippen molar-refractivity contribution in [3.8, 4) is 22.6 Å². The quantitative estimate of drug-likeness (QED) is 0.396. The summed E-state index contributed by atoms with van der Waals surface area (Å²) in [4.78, 5) is 13.1. The number of pyridine rings is 1. The minimum atomic E-state index is -0.329. The molecule has 0 aliphatic rings. The second-order valence-corrected chi connectivity index (χ2v) is 7.76. The van der Waals surface area contributed by atoms with Gasteiger partial charge >= 0.3 is 0 Å². The molecule has 9 heteroatoms. The van der Waals surface area contributed by atoms with Gasteiger partial charge in [0.1, 0.15) is 11.3 Å². The molecule has 0 amide bonds. The highest BCUT2D eigenvalue weighted by atomic mass is 35.5. The van der Waals surface area contributed by atoms with Crippen LogP contribution < -0.4 is 10.3 Å². The topological polar surface area (TPSA) is 74.3 Å². The average molecular weight is 452 g/mol. The minimum Gasteiger partial charge on any atom is -0.497 e. The molecule has 5 aromatic rings. The fraction of sp³-hybridized carbons (Fsp3) is 0.0909. The van der Waals surface area contributed by atoms with Crippen LogP contribution in [-0.2, 0) is 0 Å². The first-order chi connectivity index (χ1) is 15.0. The van der Waals surface area contributed by atoms with E-state index in [9.17, 15) is 4.79 Å². The Balaban J connectivity index is 1.71. The van der Waals surface area contributed by atoms with Crippen molar-refractivity contribution in [2.24, 2.45) is 0 Å². The molecule has 0 fully saturated rings. The lowest BCUT2D eigenvalue weighted by atomic mass is 10.1. The van der Waals surface area contributed by atoms with Crippen molar-refractivity contribution in [1.29, 1.82) is 0 Å². The molecule has 154 valence electrons. The van der Waals surface area contributed by atoms with Crippen LogP contribution in [0.1, 0.15) is 5.69 Å². The molecule has 0 bridgehead atoms. The Labute approximate surface area is 186 Å². The van der Waals surface area contributed by atoms with E-state index in [0.717, 1.165) is 22.6 Å². The SMILES string of the molecule is COc1ccc(-c2c(C)nn3c2nnc2c(=O)n(-c4ccc(Cl)c(Cl)c4)ccc23)cc1. The third-order valence-corrected chi connectivity index (χ3v) is 5.85. The number of halogens is 2. The summed E-state index contributed by atoms with van der Waals surface area (Å²) in [6.45, 7) is 1.90. The van der Waals surface area contributed by atoms with E-state index in [1.807, 2.05) is 31.2 Å². The van der Waals surface area contributed by atoms with Crippen molar-refractivity contribution >= 4 is 39.9 Å². The van der Waals surface area contributed by atoms with Crippen LogP contribution in [0.5, 0.6) is 5.75 Å². The van der Waals surface area contributed by atoms with Crippen LogP contribution in [0.2, 0.25) is 10.0 Å². The van der Waals surface area contributed by atoms with Crippen LogP contribution in [0.15, 0.2) is 59.5 Å². The normalized spacial score (nSPS) is 11.4. The molecule has 7 nitrogen and oxygen atoms in total. The summed E-state index contributed by atoms with van der Waals surface area (Å²) in [6.07, 6.45) is 1.66. The number of fused-ring (bicyclic) bond motifs is 3. The fourth-order valence-corrected chi connectivity index (χ4v) is 3.88. The van der Waals surface area contributed by atoms with E-state index >= 15 is 0 Å². The fourth-order valence-electron chi connectivity index (χ4n) is 3.59. The number of aryl methyl sites for hydroxylation is 1. The molecule has 3 heterocycles. The first-order valence-electron chi connectivity index (χ1n) is 9.35. The predicted octanol–water partition coefficient (Wildman–Crippen LogP) is 4.72. The number of hydrogen-bond acceptors (Lipinski definition) is 5. The van der Waals surface area contributed by atoms with Gasteiger partial charge in [-0.2, -0.15) is 5.10 Å². The number of rotatable bonds is 3. The molecule has 0 saturated carbocycles. The van der Waals surface area contributed by atoms with Gasteiger partial charge in [0.15, 0.2) is 11.2 Å². The molecular formula is C22H15Cl2N5O2. The van der Waals surface area contributed by atoms with Gasteiger partial charge < -0.3 is 4.74 Å². The molecule has 5 rings (SSSR count). The van der Waals surface area contributed by atoms with E-state index in [1.54, 1.807) is 42.1 Å². The van der Waals surface area contributed by atoms with E-state index in [-0.39, 0.29) is 11.1 Å². The number of methoxy groups -OCH3 is 1. The maximum Gasteiger partial charge on any atom is 0.285 e. The third kappa shape index (κ3) is 3.13. The van der Waals surface area contributed by atoms with Crippen LogP contribution in [0.25, 0.3) is 33.5 Å². The number of ether oxygens (including phenoxy) is 1. The van der Waals surface area contributed by atoms with Gasteiger partial charge in [-0.05, 0) is 48.9 Å². The summed E-state index contributed by atoms with van der Waals surface area (Å²) >= 11 is 12.1. The van der Waals surface area contributed by atoms with E-state index in [2.05, 4.69) is 15.3 Å². The Bertz CT molecular complexity index is 1520. The Morgan fingerprint density at radius 2 is 1.74 bits per heavy atom. The van der Waals surface area contributed by atoms with Crippen LogP contribution in [-0.4, -0.2) is 31.5 Å². The molecule has 0 unspecified atom stereocenters. The number of hydrogen-bond donors (Lipinski definition) is 0. The number of benzene rings is 2. The Morgan fingerprint density at radius 1 is 0.968 bits per heavy atom. The van der Waals surface area contributed by atoms with Gasteiger partial charge in [-0.1, -0.05) is 35.3 Å². The van der Waals surface area contributed by atoms with Gasteiger partial charge in [0.2, 0.25) is 0 Å². The van der Waals surface area contributed by atoms with Gasteiger partial charge in [0.25, 0.3) is 5.56 Å². The average Bonchev–Trinajstić information content (AvgIpc) is 3.12. The molecule has 0 saturated heterocycles. The van der Waals surface area contributed by atoms with Gasteiger partial charge in [-0.25, -0.2) is 4.52 Å². The first kappa shape index (κ1) is 19.5. The van der Waals surface area contributed by atoms with Gasteiger partial charge in [0, 0.05) is 6.20 Å². The zero-order valence-corrected chi connectivity index (χ0v) is 18.0. The van der Waals surface area contributed by atoms with Crippen molar-refractivity contribution < 1.29 is 4.74 Å². The summed E-state index contributed by atoms with van der Waals surface area (Å²) in [5.74, 6) is 0.761. The summed E-state index contributed by atoms with van der Waals surface area (Å²) in [6, 6.07) is 14.4. The maximum absolute atomic E-state index is 13.1. The van der Waals surface area contributed by atoms with Crippen LogP contribution >= 0.6 is 23.2 Å². The second kappa shape index (κ2) is 7.37. The predicted molar refractivity (Wildman–Crippen MR) is 121 cm³/mol. The molecule has 0 aliphatic carbocycles. The van der Waals surface area contributed by atoms with E-state index in [1.165, 1.54) is 4.57 Å². The monoisotopic (exact) mass is 451 g/mol. The highest BCUT2D eigenvalue weighted by molar-refractivity contribution is 6.42. The van der Waals surface area contributed by atoms with Crippen LogP contribution in [0, 0.1) is 6.92 Å². The maximum atomic E-state index is 13.1. The molecule has 3 aromatic heterocycles.